The zero-order valence-corrected chi connectivity index (χ0v) is 12.9. The summed E-state index contributed by atoms with van der Waals surface area (Å²) in [6.45, 7) is 1.76. The predicted octanol–water partition coefficient (Wildman–Crippen LogP) is 3.17. The number of hydrogen-bond donors (Lipinski definition) is 1. The molecule has 0 aliphatic carbocycles. The molecule has 2 aromatic carbocycles. The Kier molecular flexibility index (Phi) is 3.85. The van der Waals surface area contributed by atoms with E-state index in [-0.39, 0.29) is 5.91 Å². The summed E-state index contributed by atoms with van der Waals surface area (Å²) in [6.07, 6.45) is 1.82. The first-order chi connectivity index (χ1) is 11.0. The van der Waals surface area contributed by atoms with Crippen LogP contribution in [0.2, 0.25) is 0 Å². The number of nitrogens with one attached hydrogen (secondary N) is 1. The highest BCUT2D eigenvalue weighted by atomic mass is 16.4. The molecule has 0 fully saturated rings. The average molecular weight is 308 g/mol. The van der Waals surface area contributed by atoms with Crippen LogP contribution in [0, 0.1) is 0 Å². The van der Waals surface area contributed by atoms with Crippen molar-refractivity contribution in [2.24, 2.45) is 7.05 Å². The van der Waals surface area contributed by atoms with Crippen molar-refractivity contribution in [2.75, 3.05) is 5.32 Å². The molecule has 3 aromatic rings. The van der Waals surface area contributed by atoms with E-state index in [9.17, 15) is 9.59 Å². The monoisotopic (exact) mass is 308 g/mol. The Balaban J connectivity index is 1.84. The minimum Gasteiger partial charge on any atom is -0.408 e. The van der Waals surface area contributed by atoms with Gasteiger partial charge in [0.2, 0.25) is 0 Å². The van der Waals surface area contributed by atoms with Gasteiger partial charge in [-0.25, -0.2) is 4.79 Å². The average Bonchev–Trinajstić information content (AvgIpc) is 2.83. The Labute approximate surface area is 132 Å². The van der Waals surface area contributed by atoms with E-state index in [2.05, 4.69) is 5.32 Å². The van der Waals surface area contributed by atoms with E-state index in [1.165, 1.54) is 4.57 Å². The summed E-state index contributed by atoms with van der Waals surface area (Å²) in [5.41, 5.74) is 3.30. The van der Waals surface area contributed by atoms with Crippen LogP contribution >= 0.6 is 0 Å². The van der Waals surface area contributed by atoms with Crippen LogP contribution in [0.5, 0.6) is 0 Å². The van der Waals surface area contributed by atoms with Gasteiger partial charge in [0.25, 0.3) is 5.91 Å². The summed E-state index contributed by atoms with van der Waals surface area (Å²) in [5.74, 6) is -0.620. The summed E-state index contributed by atoms with van der Waals surface area (Å²) < 4.78 is 6.47. The largest absolute Gasteiger partial charge is 0.419 e. The Morgan fingerprint density at radius 3 is 2.65 bits per heavy atom. The quantitative estimate of drug-likeness (QED) is 0.756. The molecule has 0 aliphatic heterocycles. The number of aryl methyl sites for hydroxylation is 1. The van der Waals surface area contributed by atoms with Crippen LogP contribution in [0.25, 0.3) is 17.2 Å². The second-order valence-corrected chi connectivity index (χ2v) is 5.30. The van der Waals surface area contributed by atoms with Gasteiger partial charge >= 0.3 is 5.76 Å². The van der Waals surface area contributed by atoms with Crippen molar-refractivity contribution in [1.29, 1.82) is 0 Å². The molecule has 0 atom stereocenters. The number of benzene rings is 2. The number of carbonyl (C=O) groups is 1. The zero-order chi connectivity index (χ0) is 16.4. The molecule has 0 radical (unpaired) electrons. The third-order valence-corrected chi connectivity index (χ3v) is 3.59. The lowest BCUT2D eigenvalue weighted by molar-refractivity contribution is -0.112. The van der Waals surface area contributed by atoms with Crippen LogP contribution < -0.4 is 11.1 Å². The maximum absolute atomic E-state index is 12.3. The number of nitrogens with zero attached hydrogens (tertiary/aromatic N) is 1. The SMILES string of the molecule is C/C(=C\c1ccccc1)C(=O)Nc1ccc2oc(=O)n(C)c2c1. The number of amides is 1. The van der Waals surface area contributed by atoms with Gasteiger partial charge in [-0.2, -0.15) is 0 Å². The van der Waals surface area contributed by atoms with Gasteiger partial charge in [-0.3, -0.25) is 9.36 Å². The van der Waals surface area contributed by atoms with Crippen molar-refractivity contribution in [3.8, 4) is 0 Å². The van der Waals surface area contributed by atoms with E-state index < -0.39 is 5.76 Å². The fraction of sp³-hybridized carbons (Fsp3) is 0.111. The third kappa shape index (κ3) is 3.08. The van der Waals surface area contributed by atoms with E-state index in [0.29, 0.717) is 22.4 Å². The van der Waals surface area contributed by atoms with Crippen LogP contribution in [0.15, 0.2) is 63.3 Å². The second kappa shape index (κ2) is 5.96. The molecule has 1 N–H and O–H groups in total. The number of rotatable bonds is 3. The zero-order valence-electron chi connectivity index (χ0n) is 12.9. The number of hydrogen-bond acceptors (Lipinski definition) is 3. The van der Waals surface area contributed by atoms with Crippen molar-refractivity contribution < 1.29 is 9.21 Å². The van der Waals surface area contributed by atoms with E-state index in [4.69, 9.17) is 4.42 Å². The molecule has 116 valence electrons. The first-order valence-corrected chi connectivity index (χ1v) is 7.19. The van der Waals surface area contributed by atoms with Crippen molar-refractivity contribution in [2.45, 2.75) is 6.92 Å². The summed E-state index contributed by atoms with van der Waals surface area (Å²) in [6, 6.07) is 14.7. The molecule has 1 aromatic heterocycles. The number of fused-ring (bicyclic) bond motifs is 1. The normalized spacial score (nSPS) is 11.7. The highest BCUT2D eigenvalue weighted by Gasteiger charge is 2.09. The summed E-state index contributed by atoms with van der Waals surface area (Å²) >= 11 is 0. The minimum atomic E-state index is -0.427. The Bertz CT molecular complexity index is 949. The molecule has 0 spiro atoms. The van der Waals surface area contributed by atoms with Crippen molar-refractivity contribution in [3.05, 3.63) is 70.2 Å². The molecule has 0 aliphatic rings. The topological polar surface area (TPSA) is 64.2 Å². The van der Waals surface area contributed by atoms with Gasteiger partial charge in [0.05, 0.1) is 5.52 Å². The molecule has 23 heavy (non-hydrogen) atoms. The molecule has 5 nitrogen and oxygen atoms in total. The number of aromatic nitrogens is 1. The molecule has 1 heterocycles. The number of anilines is 1. The van der Waals surface area contributed by atoms with Gasteiger partial charge < -0.3 is 9.73 Å². The Hall–Kier alpha value is -3.08. The summed E-state index contributed by atoms with van der Waals surface area (Å²) in [5, 5.41) is 2.83. The van der Waals surface area contributed by atoms with E-state index in [1.54, 1.807) is 32.2 Å². The van der Waals surface area contributed by atoms with Crippen LogP contribution in [-0.2, 0) is 11.8 Å². The highest BCUT2D eigenvalue weighted by Crippen LogP contribution is 2.18. The molecule has 0 saturated carbocycles. The Morgan fingerprint density at radius 2 is 1.91 bits per heavy atom. The molecule has 0 unspecified atom stereocenters. The van der Waals surface area contributed by atoms with Gasteiger partial charge in [0.1, 0.15) is 0 Å². The number of oxazole rings is 1. The smallest absolute Gasteiger partial charge is 0.408 e. The lowest BCUT2D eigenvalue weighted by atomic mass is 10.1. The first-order valence-electron chi connectivity index (χ1n) is 7.19. The molecular weight excluding hydrogens is 292 g/mol. The standard InChI is InChI=1S/C18H16N2O3/c1-12(10-13-6-4-3-5-7-13)17(21)19-14-8-9-16-15(11-14)20(2)18(22)23-16/h3-11H,1-2H3,(H,19,21)/b12-10+. The molecular formula is C18H16N2O3. The maximum Gasteiger partial charge on any atom is 0.419 e. The number of carbonyl (C=O) groups excluding carboxylic acids is 1. The van der Waals surface area contributed by atoms with E-state index in [0.717, 1.165) is 5.56 Å². The first kappa shape index (κ1) is 14.8. The van der Waals surface area contributed by atoms with Crippen molar-refractivity contribution in [1.82, 2.24) is 4.57 Å². The van der Waals surface area contributed by atoms with Crippen LogP contribution in [-0.4, -0.2) is 10.5 Å². The minimum absolute atomic E-state index is 0.193. The van der Waals surface area contributed by atoms with Gasteiger partial charge in [-0.15, -0.1) is 0 Å². The summed E-state index contributed by atoms with van der Waals surface area (Å²) in [4.78, 5) is 23.8. The summed E-state index contributed by atoms with van der Waals surface area (Å²) in [7, 11) is 1.63. The lowest BCUT2D eigenvalue weighted by Crippen LogP contribution is -2.13. The molecule has 3 rings (SSSR count). The van der Waals surface area contributed by atoms with Gasteiger partial charge in [0, 0.05) is 18.3 Å². The van der Waals surface area contributed by atoms with Gasteiger partial charge in [-0.05, 0) is 36.8 Å². The molecule has 5 heteroatoms. The van der Waals surface area contributed by atoms with Crippen LogP contribution in [0.4, 0.5) is 5.69 Å². The van der Waals surface area contributed by atoms with Gasteiger partial charge in [0.15, 0.2) is 5.58 Å². The van der Waals surface area contributed by atoms with Crippen molar-refractivity contribution in [3.63, 3.8) is 0 Å². The molecule has 0 bridgehead atoms. The molecule has 1 amide bonds. The van der Waals surface area contributed by atoms with Crippen LogP contribution in [0.1, 0.15) is 12.5 Å². The van der Waals surface area contributed by atoms with Crippen molar-refractivity contribution >= 4 is 28.8 Å². The van der Waals surface area contributed by atoms with E-state index >= 15 is 0 Å². The van der Waals surface area contributed by atoms with Gasteiger partial charge in [-0.1, -0.05) is 30.3 Å². The second-order valence-electron chi connectivity index (χ2n) is 5.30. The fourth-order valence-electron chi connectivity index (χ4n) is 2.30. The Morgan fingerprint density at radius 1 is 1.17 bits per heavy atom. The van der Waals surface area contributed by atoms with Crippen LogP contribution in [0.3, 0.4) is 0 Å². The highest BCUT2D eigenvalue weighted by molar-refractivity contribution is 6.06. The third-order valence-electron chi connectivity index (χ3n) is 3.59. The maximum atomic E-state index is 12.3. The van der Waals surface area contributed by atoms with E-state index in [1.807, 2.05) is 36.4 Å². The predicted molar refractivity (Wildman–Crippen MR) is 90.2 cm³/mol. The fourth-order valence-corrected chi connectivity index (χ4v) is 2.30. The molecule has 0 saturated heterocycles. The lowest BCUT2D eigenvalue weighted by Gasteiger charge is -2.06.